The molecule has 22 heavy (non-hydrogen) atoms. The summed E-state index contributed by atoms with van der Waals surface area (Å²) in [6.07, 6.45) is 10.5. The number of aryl methyl sites for hydroxylation is 2. The third kappa shape index (κ3) is 2.46. The number of anilines is 1. The summed E-state index contributed by atoms with van der Waals surface area (Å²) in [5.41, 5.74) is 2.66. The fourth-order valence-electron chi connectivity index (χ4n) is 3.73. The van der Waals surface area contributed by atoms with Gasteiger partial charge in [-0.3, -0.25) is 0 Å². The van der Waals surface area contributed by atoms with Gasteiger partial charge in [-0.25, -0.2) is 19.6 Å². The van der Waals surface area contributed by atoms with Crippen molar-refractivity contribution in [2.24, 2.45) is 0 Å². The Morgan fingerprint density at radius 3 is 2.91 bits per heavy atom. The summed E-state index contributed by atoms with van der Waals surface area (Å²) in [5, 5.41) is 4.32. The average Bonchev–Trinajstić information content (AvgIpc) is 3.09. The molecule has 0 bridgehead atoms. The molecule has 0 N–H and O–H groups in total. The van der Waals surface area contributed by atoms with Gasteiger partial charge in [0.2, 0.25) is 0 Å². The molecule has 116 valence electrons. The molecule has 0 saturated carbocycles. The summed E-state index contributed by atoms with van der Waals surface area (Å²) in [6, 6.07) is 0.394. The molecule has 6 nitrogen and oxygen atoms in total. The van der Waals surface area contributed by atoms with Gasteiger partial charge in [0.1, 0.15) is 24.3 Å². The average molecular weight is 298 g/mol. The van der Waals surface area contributed by atoms with Crippen LogP contribution in [-0.2, 0) is 12.8 Å². The van der Waals surface area contributed by atoms with E-state index in [9.17, 15) is 0 Å². The summed E-state index contributed by atoms with van der Waals surface area (Å²) in [7, 11) is 0. The van der Waals surface area contributed by atoms with Crippen LogP contribution in [-0.4, -0.2) is 37.8 Å². The predicted molar refractivity (Wildman–Crippen MR) is 83.9 cm³/mol. The summed E-state index contributed by atoms with van der Waals surface area (Å²) in [4.78, 5) is 16.0. The molecular weight excluding hydrogens is 276 g/mol. The van der Waals surface area contributed by atoms with E-state index >= 15 is 0 Å². The fourth-order valence-corrected chi connectivity index (χ4v) is 3.73. The van der Waals surface area contributed by atoms with E-state index in [0.717, 1.165) is 38.2 Å². The second-order valence-electron chi connectivity index (χ2n) is 6.34. The number of hydrogen-bond acceptors (Lipinski definition) is 5. The third-order valence-electron chi connectivity index (χ3n) is 4.78. The van der Waals surface area contributed by atoms with Gasteiger partial charge in [0.15, 0.2) is 0 Å². The van der Waals surface area contributed by atoms with E-state index < -0.39 is 0 Å². The van der Waals surface area contributed by atoms with Crippen molar-refractivity contribution in [3.8, 4) is 0 Å². The molecule has 1 unspecified atom stereocenters. The van der Waals surface area contributed by atoms with Crippen molar-refractivity contribution in [2.45, 2.75) is 51.5 Å². The second-order valence-corrected chi connectivity index (χ2v) is 6.34. The maximum absolute atomic E-state index is 4.80. The Balaban J connectivity index is 1.65. The monoisotopic (exact) mass is 298 g/mol. The molecule has 3 heterocycles. The van der Waals surface area contributed by atoms with Gasteiger partial charge in [-0.1, -0.05) is 0 Å². The number of aromatic nitrogens is 5. The number of nitrogens with zero attached hydrogens (tertiary/aromatic N) is 6. The molecule has 0 spiro atoms. The van der Waals surface area contributed by atoms with E-state index in [1.807, 2.05) is 17.9 Å². The fraction of sp³-hybridized carbons (Fsp3) is 0.625. The van der Waals surface area contributed by atoms with Crippen molar-refractivity contribution in [3.05, 3.63) is 29.7 Å². The van der Waals surface area contributed by atoms with Gasteiger partial charge in [0, 0.05) is 24.3 Å². The lowest BCUT2D eigenvalue weighted by molar-refractivity contribution is 0.373. The molecule has 1 aliphatic heterocycles. The van der Waals surface area contributed by atoms with Gasteiger partial charge >= 0.3 is 0 Å². The summed E-state index contributed by atoms with van der Waals surface area (Å²) in [5.74, 6) is 2.07. The van der Waals surface area contributed by atoms with Crippen LogP contribution in [0.4, 0.5) is 5.82 Å². The maximum atomic E-state index is 4.80. The van der Waals surface area contributed by atoms with Crippen LogP contribution >= 0.6 is 0 Å². The molecule has 1 aliphatic carbocycles. The Morgan fingerprint density at radius 1 is 1.14 bits per heavy atom. The first-order valence-corrected chi connectivity index (χ1v) is 8.27. The topological polar surface area (TPSA) is 59.7 Å². The largest absolute Gasteiger partial charge is 0.354 e. The van der Waals surface area contributed by atoms with Crippen LogP contribution in [0.15, 0.2) is 12.7 Å². The number of hydrogen-bond donors (Lipinski definition) is 0. The first-order valence-electron chi connectivity index (χ1n) is 8.27. The Kier molecular flexibility index (Phi) is 3.52. The lowest BCUT2D eigenvalue weighted by Gasteiger charge is -2.35. The van der Waals surface area contributed by atoms with Crippen LogP contribution in [0.25, 0.3) is 0 Å². The van der Waals surface area contributed by atoms with Crippen molar-refractivity contribution in [2.75, 3.05) is 18.0 Å². The zero-order chi connectivity index (χ0) is 14.9. The van der Waals surface area contributed by atoms with Crippen molar-refractivity contribution in [3.63, 3.8) is 0 Å². The van der Waals surface area contributed by atoms with Crippen LogP contribution < -0.4 is 4.90 Å². The molecule has 6 heteroatoms. The Bertz CT molecular complexity index is 651. The lowest BCUT2D eigenvalue weighted by atomic mass is 9.95. The maximum Gasteiger partial charge on any atom is 0.137 e. The Hall–Kier alpha value is -1.98. The molecule has 2 aromatic heterocycles. The number of rotatable bonds is 2. The molecule has 0 aromatic carbocycles. The first-order chi connectivity index (χ1) is 10.8. The summed E-state index contributed by atoms with van der Waals surface area (Å²) < 4.78 is 1.99. The van der Waals surface area contributed by atoms with Crippen LogP contribution in [0.2, 0.25) is 0 Å². The van der Waals surface area contributed by atoms with Gasteiger partial charge in [0.25, 0.3) is 0 Å². The molecule has 1 atom stereocenters. The van der Waals surface area contributed by atoms with Crippen molar-refractivity contribution in [1.29, 1.82) is 0 Å². The van der Waals surface area contributed by atoms with Gasteiger partial charge in [-0.05, 0) is 45.4 Å². The van der Waals surface area contributed by atoms with E-state index in [4.69, 9.17) is 4.98 Å². The normalized spacial score (nSPS) is 21.7. The highest BCUT2D eigenvalue weighted by Gasteiger charge is 2.26. The zero-order valence-electron chi connectivity index (χ0n) is 13.1. The summed E-state index contributed by atoms with van der Waals surface area (Å²) in [6.45, 7) is 4.05. The number of piperidine rings is 1. The van der Waals surface area contributed by atoms with E-state index in [-0.39, 0.29) is 0 Å². The quantitative estimate of drug-likeness (QED) is 0.849. The highest BCUT2D eigenvalue weighted by molar-refractivity contribution is 5.50. The zero-order valence-corrected chi connectivity index (χ0v) is 13.1. The number of fused-ring (bicyclic) bond motifs is 1. The molecule has 0 amide bonds. The van der Waals surface area contributed by atoms with Gasteiger partial charge < -0.3 is 4.90 Å². The molecule has 4 rings (SSSR count). The molecule has 0 radical (unpaired) electrons. The Morgan fingerprint density at radius 2 is 2.05 bits per heavy atom. The summed E-state index contributed by atoms with van der Waals surface area (Å²) >= 11 is 0. The Labute approximate surface area is 130 Å². The van der Waals surface area contributed by atoms with Gasteiger partial charge in [-0.2, -0.15) is 5.10 Å². The van der Waals surface area contributed by atoms with E-state index in [1.165, 1.54) is 36.3 Å². The van der Waals surface area contributed by atoms with Crippen LogP contribution in [0.3, 0.4) is 0 Å². The molecule has 1 fully saturated rings. The van der Waals surface area contributed by atoms with Crippen molar-refractivity contribution < 1.29 is 0 Å². The highest BCUT2D eigenvalue weighted by atomic mass is 15.4. The standard InChI is InChI=1S/C16H22N6/c1-12-19-15-7-3-2-6-14(15)16(20-12)21-8-4-5-13(9-21)22-11-17-10-18-22/h10-11,13H,2-9H2,1H3. The second kappa shape index (κ2) is 5.66. The van der Waals surface area contributed by atoms with Crippen molar-refractivity contribution >= 4 is 5.82 Å². The first kappa shape index (κ1) is 13.7. The lowest BCUT2D eigenvalue weighted by Crippen LogP contribution is -2.38. The predicted octanol–water partition coefficient (Wildman–Crippen LogP) is 2.10. The SMILES string of the molecule is Cc1nc2c(c(N3CCCC(n4cncn4)C3)n1)CCCC2. The minimum atomic E-state index is 0.394. The van der Waals surface area contributed by atoms with Crippen molar-refractivity contribution in [1.82, 2.24) is 24.7 Å². The van der Waals surface area contributed by atoms with Crippen LogP contribution in [0, 0.1) is 6.92 Å². The molecule has 1 saturated heterocycles. The van der Waals surface area contributed by atoms with Gasteiger partial charge in [-0.15, -0.1) is 0 Å². The minimum Gasteiger partial charge on any atom is -0.354 e. The van der Waals surface area contributed by atoms with Crippen LogP contribution in [0.5, 0.6) is 0 Å². The third-order valence-corrected chi connectivity index (χ3v) is 4.78. The highest BCUT2D eigenvalue weighted by Crippen LogP contribution is 2.31. The van der Waals surface area contributed by atoms with E-state index in [0.29, 0.717) is 6.04 Å². The van der Waals surface area contributed by atoms with E-state index in [1.54, 1.807) is 6.33 Å². The van der Waals surface area contributed by atoms with E-state index in [2.05, 4.69) is 20.0 Å². The molecule has 2 aliphatic rings. The molecule has 2 aromatic rings. The van der Waals surface area contributed by atoms with Gasteiger partial charge in [0.05, 0.1) is 6.04 Å². The van der Waals surface area contributed by atoms with Crippen LogP contribution in [0.1, 0.15) is 48.8 Å². The molecular formula is C16H22N6. The smallest absolute Gasteiger partial charge is 0.137 e. The minimum absolute atomic E-state index is 0.394.